The summed E-state index contributed by atoms with van der Waals surface area (Å²) in [6.07, 6.45) is 0. The summed E-state index contributed by atoms with van der Waals surface area (Å²) in [5.74, 6) is 0.388. The Morgan fingerprint density at radius 2 is 2.22 bits per heavy atom. The molecular formula is C11H13FIN5. The largest absolute Gasteiger partial charge is 0.308 e. The molecule has 0 aliphatic carbocycles. The molecule has 0 spiro atoms. The van der Waals surface area contributed by atoms with Gasteiger partial charge < -0.3 is 5.32 Å². The average molecular weight is 361 g/mol. The van der Waals surface area contributed by atoms with Gasteiger partial charge in [0, 0.05) is 6.04 Å². The lowest BCUT2D eigenvalue weighted by molar-refractivity contribution is 0.561. The van der Waals surface area contributed by atoms with Crippen LogP contribution >= 0.6 is 22.6 Å². The SMILES string of the molecule is CC(C)NCc1nnnn1-c1cccc(F)c1I. The number of rotatable bonds is 4. The minimum Gasteiger partial charge on any atom is -0.308 e. The molecular weight excluding hydrogens is 348 g/mol. The molecule has 2 aromatic rings. The van der Waals surface area contributed by atoms with E-state index >= 15 is 0 Å². The van der Waals surface area contributed by atoms with Crippen LogP contribution in [0, 0.1) is 9.39 Å². The van der Waals surface area contributed by atoms with Crippen LogP contribution in [0.1, 0.15) is 19.7 Å². The quantitative estimate of drug-likeness (QED) is 0.846. The first-order valence-corrected chi connectivity index (χ1v) is 6.62. The van der Waals surface area contributed by atoms with Gasteiger partial charge >= 0.3 is 0 Å². The predicted molar refractivity (Wildman–Crippen MR) is 73.8 cm³/mol. The summed E-state index contributed by atoms with van der Waals surface area (Å²) in [4.78, 5) is 0. The van der Waals surface area contributed by atoms with Crippen LogP contribution in [0.2, 0.25) is 0 Å². The van der Waals surface area contributed by atoms with E-state index < -0.39 is 0 Å². The Hall–Kier alpha value is -1.09. The molecule has 0 atom stereocenters. The molecule has 1 N–H and O–H groups in total. The molecule has 1 aromatic heterocycles. The van der Waals surface area contributed by atoms with Crippen LogP contribution in [-0.2, 0) is 6.54 Å². The summed E-state index contributed by atoms with van der Waals surface area (Å²) in [5, 5.41) is 14.7. The van der Waals surface area contributed by atoms with Crippen molar-refractivity contribution >= 4 is 22.6 Å². The van der Waals surface area contributed by atoms with Crippen molar-refractivity contribution in [2.45, 2.75) is 26.4 Å². The van der Waals surface area contributed by atoms with Gasteiger partial charge in [-0.3, -0.25) is 0 Å². The highest BCUT2D eigenvalue weighted by molar-refractivity contribution is 14.1. The summed E-state index contributed by atoms with van der Waals surface area (Å²) in [6.45, 7) is 4.62. The van der Waals surface area contributed by atoms with E-state index in [1.807, 2.05) is 36.4 Å². The fraction of sp³-hybridized carbons (Fsp3) is 0.364. The van der Waals surface area contributed by atoms with Gasteiger partial charge in [-0.15, -0.1) is 5.10 Å². The minimum atomic E-state index is -0.272. The molecule has 0 saturated carbocycles. The molecule has 1 heterocycles. The van der Waals surface area contributed by atoms with Crippen molar-refractivity contribution < 1.29 is 4.39 Å². The van der Waals surface area contributed by atoms with E-state index in [4.69, 9.17) is 0 Å². The third-order valence-electron chi connectivity index (χ3n) is 2.36. The maximum absolute atomic E-state index is 13.5. The third-order valence-corrected chi connectivity index (χ3v) is 3.43. The molecule has 7 heteroatoms. The van der Waals surface area contributed by atoms with Gasteiger partial charge in [0.05, 0.1) is 15.8 Å². The Bertz CT molecular complexity index is 540. The molecule has 0 aliphatic heterocycles. The fourth-order valence-electron chi connectivity index (χ4n) is 1.45. The van der Waals surface area contributed by atoms with Crippen LogP contribution in [0.25, 0.3) is 5.69 Å². The van der Waals surface area contributed by atoms with E-state index in [1.165, 1.54) is 6.07 Å². The van der Waals surface area contributed by atoms with Crippen LogP contribution in [0.4, 0.5) is 4.39 Å². The Morgan fingerprint density at radius 3 is 2.94 bits per heavy atom. The van der Waals surface area contributed by atoms with Gasteiger partial charge in [-0.2, -0.15) is 4.68 Å². The minimum absolute atomic E-state index is 0.272. The van der Waals surface area contributed by atoms with Gasteiger partial charge in [-0.1, -0.05) is 19.9 Å². The van der Waals surface area contributed by atoms with Crippen molar-refractivity contribution in [3.05, 3.63) is 33.4 Å². The molecule has 2 rings (SSSR count). The van der Waals surface area contributed by atoms with Crippen LogP contribution in [0.5, 0.6) is 0 Å². The number of halogens is 2. The van der Waals surface area contributed by atoms with Gasteiger partial charge in [0.2, 0.25) is 0 Å². The van der Waals surface area contributed by atoms with Gasteiger partial charge in [0.1, 0.15) is 5.82 Å². The number of hydrogen-bond donors (Lipinski definition) is 1. The van der Waals surface area contributed by atoms with Gasteiger partial charge in [0.15, 0.2) is 5.82 Å². The van der Waals surface area contributed by atoms with Gasteiger partial charge in [-0.25, -0.2) is 4.39 Å². The second-order valence-electron chi connectivity index (χ2n) is 4.12. The molecule has 0 amide bonds. The molecule has 0 bridgehead atoms. The van der Waals surface area contributed by atoms with Gasteiger partial charge in [-0.05, 0) is 45.2 Å². The first kappa shape index (κ1) is 13.3. The van der Waals surface area contributed by atoms with Crippen molar-refractivity contribution in [2.75, 3.05) is 0 Å². The molecule has 0 saturated heterocycles. The summed E-state index contributed by atoms with van der Waals surface area (Å²) < 4.78 is 15.6. The second-order valence-corrected chi connectivity index (χ2v) is 5.19. The normalized spacial score (nSPS) is 11.2. The number of benzene rings is 1. The summed E-state index contributed by atoms with van der Waals surface area (Å²) in [5.41, 5.74) is 0.654. The molecule has 1 aromatic carbocycles. The number of hydrogen-bond acceptors (Lipinski definition) is 4. The zero-order valence-corrected chi connectivity index (χ0v) is 12.2. The highest BCUT2D eigenvalue weighted by Crippen LogP contribution is 2.19. The third kappa shape index (κ3) is 2.83. The number of tetrazole rings is 1. The highest BCUT2D eigenvalue weighted by atomic mass is 127. The van der Waals surface area contributed by atoms with Crippen molar-refractivity contribution in [3.8, 4) is 5.69 Å². The second kappa shape index (κ2) is 5.70. The van der Waals surface area contributed by atoms with Crippen LogP contribution in [0.3, 0.4) is 0 Å². The summed E-state index contributed by atoms with van der Waals surface area (Å²) in [7, 11) is 0. The Balaban J connectivity index is 2.33. The molecule has 96 valence electrons. The van der Waals surface area contributed by atoms with Crippen molar-refractivity contribution in [3.63, 3.8) is 0 Å². The number of aromatic nitrogens is 4. The average Bonchev–Trinajstić information content (AvgIpc) is 2.78. The topological polar surface area (TPSA) is 55.6 Å². The fourth-order valence-corrected chi connectivity index (χ4v) is 2.04. The lowest BCUT2D eigenvalue weighted by atomic mass is 10.3. The Morgan fingerprint density at radius 1 is 1.44 bits per heavy atom. The van der Waals surface area contributed by atoms with E-state index in [9.17, 15) is 4.39 Å². The zero-order chi connectivity index (χ0) is 13.1. The Kier molecular flexibility index (Phi) is 4.23. The standard InChI is InChI=1S/C11H13FIN5/c1-7(2)14-6-10-15-16-17-18(10)9-5-3-4-8(12)11(9)13/h3-5,7,14H,6H2,1-2H3. The first-order chi connectivity index (χ1) is 8.59. The smallest absolute Gasteiger partial charge is 0.170 e. The number of nitrogens with one attached hydrogen (secondary N) is 1. The summed E-state index contributed by atoms with van der Waals surface area (Å²) >= 11 is 1.95. The Labute approximate surface area is 118 Å². The van der Waals surface area contributed by atoms with E-state index in [-0.39, 0.29) is 5.82 Å². The summed E-state index contributed by atoms with van der Waals surface area (Å²) in [6, 6.07) is 5.19. The maximum atomic E-state index is 13.5. The predicted octanol–water partition coefficient (Wildman–Crippen LogP) is 1.90. The van der Waals surface area contributed by atoms with Gasteiger partial charge in [0.25, 0.3) is 0 Å². The zero-order valence-electron chi connectivity index (χ0n) is 10.1. The van der Waals surface area contributed by atoms with E-state index in [1.54, 1.807) is 16.8 Å². The molecule has 5 nitrogen and oxygen atoms in total. The molecule has 0 fully saturated rings. The van der Waals surface area contributed by atoms with E-state index in [0.29, 0.717) is 27.7 Å². The number of nitrogens with zero attached hydrogens (tertiary/aromatic N) is 4. The lowest BCUT2D eigenvalue weighted by Crippen LogP contribution is -2.24. The molecule has 0 radical (unpaired) electrons. The van der Waals surface area contributed by atoms with Crippen LogP contribution < -0.4 is 5.32 Å². The van der Waals surface area contributed by atoms with Crippen molar-refractivity contribution in [2.24, 2.45) is 0 Å². The lowest BCUT2D eigenvalue weighted by Gasteiger charge is -2.09. The molecule has 0 aliphatic rings. The maximum Gasteiger partial charge on any atom is 0.170 e. The van der Waals surface area contributed by atoms with Crippen LogP contribution in [0.15, 0.2) is 18.2 Å². The molecule has 0 unspecified atom stereocenters. The van der Waals surface area contributed by atoms with Crippen LogP contribution in [-0.4, -0.2) is 26.2 Å². The molecule has 18 heavy (non-hydrogen) atoms. The van der Waals surface area contributed by atoms with Crippen molar-refractivity contribution in [1.82, 2.24) is 25.5 Å². The van der Waals surface area contributed by atoms with E-state index in [0.717, 1.165) is 0 Å². The first-order valence-electron chi connectivity index (χ1n) is 5.54. The highest BCUT2D eigenvalue weighted by Gasteiger charge is 2.13. The monoisotopic (exact) mass is 361 g/mol. The van der Waals surface area contributed by atoms with Crippen molar-refractivity contribution in [1.29, 1.82) is 0 Å². The van der Waals surface area contributed by atoms with E-state index in [2.05, 4.69) is 20.8 Å².